The highest BCUT2D eigenvalue weighted by atomic mass is 16.1. The highest BCUT2D eigenvalue weighted by Crippen LogP contribution is 2.29. The zero-order chi connectivity index (χ0) is 21.0. The van der Waals surface area contributed by atoms with Crippen LogP contribution in [0.5, 0.6) is 0 Å². The fourth-order valence-electron chi connectivity index (χ4n) is 3.04. The number of anilines is 3. The van der Waals surface area contributed by atoms with E-state index in [1.54, 1.807) is 37.3 Å². The van der Waals surface area contributed by atoms with Crippen molar-refractivity contribution in [3.05, 3.63) is 76.7 Å². The number of amides is 1. The van der Waals surface area contributed by atoms with Crippen LogP contribution < -0.4 is 10.6 Å². The Morgan fingerprint density at radius 3 is 2.45 bits per heavy atom. The van der Waals surface area contributed by atoms with Crippen molar-refractivity contribution in [1.82, 2.24) is 9.97 Å². The molecular formula is C23H23N5O. The van der Waals surface area contributed by atoms with E-state index in [9.17, 15) is 4.79 Å². The topological polar surface area (TPSA) is 90.7 Å². The summed E-state index contributed by atoms with van der Waals surface area (Å²) in [4.78, 5) is 21.4. The summed E-state index contributed by atoms with van der Waals surface area (Å²) >= 11 is 0. The predicted octanol–water partition coefficient (Wildman–Crippen LogP) is 5.08. The molecule has 146 valence electrons. The summed E-state index contributed by atoms with van der Waals surface area (Å²) in [6.45, 7) is 8.08. The molecule has 0 unspecified atom stereocenters. The van der Waals surface area contributed by atoms with E-state index < -0.39 is 0 Å². The molecule has 3 rings (SSSR count). The van der Waals surface area contributed by atoms with Crippen LogP contribution >= 0.6 is 0 Å². The number of carbonyl (C=O) groups excluding carboxylic acids is 1. The molecule has 2 N–H and O–H groups in total. The first kappa shape index (κ1) is 20.0. The molecule has 2 aromatic carbocycles. The minimum atomic E-state index is -0.336. The third kappa shape index (κ3) is 4.77. The average molecular weight is 385 g/mol. The number of para-hydroxylation sites is 1. The third-order valence-corrected chi connectivity index (χ3v) is 4.52. The Hall–Kier alpha value is -3.72. The van der Waals surface area contributed by atoms with Crippen LogP contribution in [0.1, 0.15) is 52.8 Å². The maximum atomic E-state index is 12.7. The van der Waals surface area contributed by atoms with Gasteiger partial charge in [-0.15, -0.1) is 0 Å². The molecule has 0 atom stereocenters. The first-order valence-corrected chi connectivity index (χ1v) is 9.41. The Morgan fingerprint density at radius 1 is 1.07 bits per heavy atom. The second-order valence-corrected chi connectivity index (χ2v) is 7.15. The van der Waals surface area contributed by atoms with Crippen LogP contribution in [0.15, 0.2) is 48.5 Å². The molecule has 0 radical (unpaired) electrons. The number of benzene rings is 2. The van der Waals surface area contributed by atoms with E-state index in [0.29, 0.717) is 28.8 Å². The lowest BCUT2D eigenvalue weighted by atomic mass is 9.98. The molecule has 0 bridgehead atoms. The van der Waals surface area contributed by atoms with Gasteiger partial charge in [0.05, 0.1) is 11.6 Å². The SMILES string of the molecule is Cc1nc(Nc2c(C)cccc2C(C)C)cc(C(=O)Nc2ccc(C#N)cc2)n1. The van der Waals surface area contributed by atoms with E-state index in [-0.39, 0.29) is 11.6 Å². The molecule has 1 heterocycles. The van der Waals surface area contributed by atoms with Gasteiger partial charge in [-0.25, -0.2) is 9.97 Å². The van der Waals surface area contributed by atoms with Crippen molar-refractivity contribution in [1.29, 1.82) is 5.26 Å². The van der Waals surface area contributed by atoms with Gasteiger partial charge in [0.25, 0.3) is 5.91 Å². The van der Waals surface area contributed by atoms with E-state index in [0.717, 1.165) is 11.3 Å². The maximum Gasteiger partial charge on any atom is 0.274 e. The van der Waals surface area contributed by atoms with Gasteiger partial charge in [0.15, 0.2) is 0 Å². The number of aromatic nitrogens is 2. The van der Waals surface area contributed by atoms with Crippen molar-refractivity contribution < 1.29 is 4.79 Å². The van der Waals surface area contributed by atoms with Crippen LogP contribution in [0.3, 0.4) is 0 Å². The van der Waals surface area contributed by atoms with Crippen LogP contribution in [0.25, 0.3) is 0 Å². The standard InChI is InChI=1S/C23H23N5O/c1-14(2)19-7-5-6-15(3)22(19)28-21-12-20(25-16(4)26-21)23(29)27-18-10-8-17(13-24)9-11-18/h5-12,14H,1-4H3,(H,27,29)(H,25,26,28). The number of rotatable bonds is 5. The minimum Gasteiger partial charge on any atom is -0.340 e. The van der Waals surface area contributed by atoms with E-state index in [1.165, 1.54) is 5.56 Å². The van der Waals surface area contributed by atoms with Crippen molar-refractivity contribution in [3.63, 3.8) is 0 Å². The molecular weight excluding hydrogens is 362 g/mol. The lowest BCUT2D eigenvalue weighted by Gasteiger charge is -2.17. The molecule has 1 amide bonds. The Bertz CT molecular complexity index is 1080. The summed E-state index contributed by atoms with van der Waals surface area (Å²) in [6.07, 6.45) is 0. The van der Waals surface area contributed by atoms with Crippen LogP contribution in [-0.2, 0) is 0 Å². The molecule has 6 nitrogen and oxygen atoms in total. The number of carbonyl (C=O) groups is 1. The normalized spacial score (nSPS) is 10.5. The second-order valence-electron chi connectivity index (χ2n) is 7.15. The van der Waals surface area contributed by atoms with E-state index in [2.05, 4.69) is 46.6 Å². The lowest BCUT2D eigenvalue weighted by Crippen LogP contribution is -2.15. The average Bonchev–Trinajstić information content (AvgIpc) is 2.69. The largest absolute Gasteiger partial charge is 0.340 e. The summed E-state index contributed by atoms with van der Waals surface area (Å²) in [5, 5.41) is 15.1. The molecule has 0 fully saturated rings. The number of nitrogens with zero attached hydrogens (tertiary/aromatic N) is 3. The van der Waals surface area contributed by atoms with Gasteiger partial charge in [0, 0.05) is 17.4 Å². The molecule has 0 saturated heterocycles. The van der Waals surface area contributed by atoms with Crippen molar-refractivity contribution in [2.45, 2.75) is 33.6 Å². The summed E-state index contributed by atoms with van der Waals surface area (Å²) in [5.41, 5.74) is 4.69. The third-order valence-electron chi connectivity index (χ3n) is 4.52. The summed E-state index contributed by atoms with van der Waals surface area (Å²) < 4.78 is 0. The summed E-state index contributed by atoms with van der Waals surface area (Å²) in [6, 6.07) is 16.5. The predicted molar refractivity (Wildman–Crippen MR) is 114 cm³/mol. The van der Waals surface area contributed by atoms with Crippen molar-refractivity contribution in [3.8, 4) is 6.07 Å². The van der Waals surface area contributed by atoms with Gasteiger partial charge in [-0.1, -0.05) is 32.0 Å². The van der Waals surface area contributed by atoms with Crippen LogP contribution in [0.2, 0.25) is 0 Å². The monoisotopic (exact) mass is 385 g/mol. The zero-order valence-corrected chi connectivity index (χ0v) is 16.9. The minimum absolute atomic E-state index is 0.268. The lowest BCUT2D eigenvalue weighted by molar-refractivity contribution is 0.102. The van der Waals surface area contributed by atoms with Crippen molar-refractivity contribution >= 4 is 23.1 Å². The van der Waals surface area contributed by atoms with Gasteiger partial charge in [-0.05, 0) is 55.2 Å². The van der Waals surface area contributed by atoms with Gasteiger partial charge in [0.2, 0.25) is 0 Å². The van der Waals surface area contributed by atoms with Gasteiger partial charge >= 0.3 is 0 Å². The zero-order valence-electron chi connectivity index (χ0n) is 16.9. The number of hydrogen-bond donors (Lipinski definition) is 2. The first-order valence-electron chi connectivity index (χ1n) is 9.41. The quantitative estimate of drug-likeness (QED) is 0.639. The van der Waals surface area contributed by atoms with E-state index in [4.69, 9.17) is 5.26 Å². The maximum absolute atomic E-state index is 12.7. The number of nitriles is 1. The molecule has 29 heavy (non-hydrogen) atoms. The van der Waals surface area contributed by atoms with Crippen molar-refractivity contribution in [2.24, 2.45) is 0 Å². The second kappa shape index (κ2) is 8.53. The van der Waals surface area contributed by atoms with Crippen molar-refractivity contribution in [2.75, 3.05) is 10.6 Å². The van der Waals surface area contributed by atoms with Gasteiger partial charge < -0.3 is 10.6 Å². The Morgan fingerprint density at radius 2 is 1.79 bits per heavy atom. The molecule has 6 heteroatoms. The molecule has 0 aliphatic rings. The van der Waals surface area contributed by atoms with Crippen LogP contribution in [0.4, 0.5) is 17.2 Å². The Kier molecular flexibility index (Phi) is 5.89. The Labute approximate surface area is 170 Å². The fourth-order valence-corrected chi connectivity index (χ4v) is 3.04. The molecule has 0 aliphatic carbocycles. The Balaban J connectivity index is 1.87. The van der Waals surface area contributed by atoms with Gasteiger partial charge in [-0.2, -0.15) is 5.26 Å². The van der Waals surface area contributed by atoms with Crippen LogP contribution in [0, 0.1) is 25.2 Å². The number of hydrogen-bond acceptors (Lipinski definition) is 5. The van der Waals surface area contributed by atoms with Gasteiger partial charge in [0.1, 0.15) is 17.3 Å². The van der Waals surface area contributed by atoms with Crippen LogP contribution in [-0.4, -0.2) is 15.9 Å². The van der Waals surface area contributed by atoms with Gasteiger partial charge in [-0.3, -0.25) is 4.79 Å². The number of aryl methyl sites for hydroxylation is 2. The molecule has 0 saturated carbocycles. The number of nitrogens with one attached hydrogen (secondary N) is 2. The summed E-state index contributed by atoms with van der Waals surface area (Å²) in [5.74, 6) is 1.08. The highest BCUT2D eigenvalue weighted by Gasteiger charge is 2.14. The molecule has 3 aromatic rings. The first-order chi connectivity index (χ1) is 13.9. The highest BCUT2D eigenvalue weighted by molar-refractivity contribution is 6.03. The summed E-state index contributed by atoms with van der Waals surface area (Å²) in [7, 11) is 0. The fraction of sp³-hybridized carbons (Fsp3) is 0.217. The molecule has 1 aromatic heterocycles. The molecule has 0 spiro atoms. The van der Waals surface area contributed by atoms with E-state index >= 15 is 0 Å². The smallest absolute Gasteiger partial charge is 0.274 e. The van der Waals surface area contributed by atoms with E-state index in [1.807, 2.05) is 19.1 Å². The molecule has 0 aliphatic heterocycles.